The van der Waals surface area contributed by atoms with Crippen LogP contribution in [0.4, 0.5) is 0 Å². The van der Waals surface area contributed by atoms with E-state index < -0.39 is 11.6 Å². The number of carbonyl (C=O) groups is 2. The van der Waals surface area contributed by atoms with Crippen LogP contribution >= 0.6 is 0 Å². The molecule has 1 aromatic heterocycles. The number of carboxylic acids is 1. The van der Waals surface area contributed by atoms with Crippen LogP contribution in [0, 0.1) is 18.3 Å². The summed E-state index contributed by atoms with van der Waals surface area (Å²) in [7, 11) is 0. The molecular weight excluding hydrogens is 470 g/mol. The Labute approximate surface area is 216 Å². The van der Waals surface area contributed by atoms with Gasteiger partial charge >= 0.3 is 5.97 Å². The summed E-state index contributed by atoms with van der Waals surface area (Å²) in [6.07, 6.45) is 2.99. The van der Waals surface area contributed by atoms with E-state index in [1.807, 2.05) is 61.2 Å². The minimum atomic E-state index is -0.828. The minimum Gasteiger partial charge on any atom is -0.487 e. The number of aromatic amines is 1. The zero-order valence-corrected chi connectivity index (χ0v) is 21.3. The van der Waals surface area contributed by atoms with Gasteiger partial charge in [0.05, 0.1) is 23.7 Å². The molecule has 0 radical (unpaired) electrons. The number of amides is 1. The number of hydrogen-bond donors (Lipinski definition) is 2. The molecule has 1 spiro atoms. The van der Waals surface area contributed by atoms with Gasteiger partial charge in [-0.25, -0.2) is 4.98 Å². The summed E-state index contributed by atoms with van der Waals surface area (Å²) in [6, 6.07) is 13.6. The highest BCUT2D eigenvalue weighted by Crippen LogP contribution is 2.56. The number of aryl methyl sites for hydroxylation is 1. The molecule has 0 saturated carbocycles. The maximum atomic E-state index is 13.6. The molecule has 2 saturated heterocycles. The highest BCUT2D eigenvalue weighted by molar-refractivity contribution is 5.97. The first-order valence-electron chi connectivity index (χ1n) is 13.1. The van der Waals surface area contributed by atoms with Gasteiger partial charge in [0.25, 0.3) is 5.91 Å². The lowest BCUT2D eigenvalue weighted by Crippen LogP contribution is -2.57. The topological polar surface area (TPSA) is 105 Å². The zero-order chi connectivity index (χ0) is 25.8. The number of carboxylic acid groups (broad SMARTS) is 1. The smallest absolute Gasteiger partial charge is 0.303 e. The Morgan fingerprint density at radius 3 is 2.92 bits per heavy atom. The molecule has 37 heavy (non-hydrogen) atoms. The average molecular weight is 504 g/mol. The van der Waals surface area contributed by atoms with Gasteiger partial charge in [-0.3, -0.25) is 9.59 Å². The second-order valence-electron chi connectivity index (χ2n) is 11.3. The summed E-state index contributed by atoms with van der Waals surface area (Å²) in [5.41, 5.74) is 2.55. The maximum Gasteiger partial charge on any atom is 0.303 e. The van der Waals surface area contributed by atoms with Crippen LogP contribution in [0.2, 0.25) is 0 Å². The Kier molecular flexibility index (Phi) is 5.75. The Bertz CT molecular complexity index is 1370. The van der Waals surface area contributed by atoms with Crippen molar-refractivity contribution in [2.45, 2.75) is 57.7 Å². The second kappa shape index (κ2) is 8.87. The maximum absolute atomic E-state index is 13.6. The molecule has 8 heteroatoms. The molecule has 0 aliphatic carbocycles. The van der Waals surface area contributed by atoms with Crippen molar-refractivity contribution >= 4 is 22.9 Å². The van der Waals surface area contributed by atoms with E-state index in [4.69, 9.17) is 9.47 Å². The molecule has 2 N–H and O–H groups in total. The molecular formula is C29H33N3O5. The first kappa shape index (κ1) is 24.0. The lowest BCUT2D eigenvalue weighted by molar-refractivity contribution is -0.181. The number of fused-ring (bicyclic) bond motifs is 4. The molecule has 194 valence electrons. The van der Waals surface area contributed by atoms with Gasteiger partial charge in [0.1, 0.15) is 17.2 Å². The molecule has 1 amide bonds. The van der Waals surface area contributed by atoms with Crippen molar-refractivity contribution in [3.05, 3.63) is 59.4 Å². The fraction of sp³-hybridized carbons (Fsp3) is 0.483. The molecule has 2 fully saturated rings. The van der Waals surface area contributed by atoms with Crippen molar-refractivity contribution in [1.82, 2.24) is 14.9 Å². The van der Waals surface area contributed by atoms with E-state index in [0.29, 0.717) is 31.7 Å². The van der Waals surface area contributed by atoms with Crippen molar-refractivity contribution in [3.63, 3.8) is 0 Å². The van der Waals surface area contributed by atoms with Crippen LogP contribution in [0.15, 0.2) is 42.5 Å². The molecule has 0 bridgehead atoms. The number of piperidine rings is 1. The molecule has 2 aromatic carbocycles. The molecule has 3 aromatic rings. The van der Waals surface area contributed by atoms with Gasteiger partial charge in [0.2, 0.25) is 0 Å². The average Bonchev–Trinajstić information content (AvgIpc) is 3.27. The number of likely N-dealkylation sites (tertiary alicyclic amines) is 1. The van der Waals surface area contributed by atoms with Gasteiger partial charge in [-0.05, 0) is 63.8 Å². The van der Waals surface area contributed by atoms with Crippen molar-refractivity contribution in [1.29, 1.82) is 0 Å². The predicted molar refractivity (Wildman–Crippen MR) is 138 cm³/mol. The van der Waals surface area contributed by atoms with Crippen molar-refractivity contribution in [3.8, 4) is 5.75 Å². The van der Waals surface area contributed by atoms with Gasteiger partial charge in [-0.2, -0.15) is 0 Å². The van der Waals surface area contributed by atoms with Gasteiger partial charge in [0.15, 0.2) is 0 Å². The van der Waals surface area contributed by atoms with Crippen molar-refractivity contribution in [2.24, 2.45) is 11.3 Å². The number of hydrogen-bond acceptors (Lipinski definition) is 5. The lowest BCUT2D eigenvalue weighted by Gasteiger charge is -2.55. The SMILES string of the molecule is Cc1nc2ccc(C(=O)N3CCC[C@]4(CO[C@H]5c6ccccc6O[C@](C)(CCC(=O)O)[C@@H]5C4)C3)cc2[nH]1. The van der Waals surface area contributed by atoms with Crippen molar-refractivity contribution < 1.29 is 24.2 Å². The monoisotopic (exact) mass is 503 g/mol. The number of ether oxygens (including phenoxy) is 2. The highest BCUT2D eigenvalue weighted by atomic mass is 16.5. The third-order valence-corrected chi connectivity index (χ3v) is 8.57. The number of carbonyl (C=O) groups excluding carboxylic acids is 1. The summed E-state index contributed by atoms with van der Waals surface area (Å²) < 4.78 is 13.1. The molecule has 0 unspecified atom stereocenters. The number of benzene rings is 2. The minimum absolute atomic E-state index is 0.00475. The molecule has 3 aliphatic rings. The van der Waals surface area contributed by atoms with Crippen LogP contribution in [-0.4, -0.2) is 57.1 Å². The highest BCUT2D eigenvalue weighted by Gasteiger charge is 2.55. The lowest BCUT2D eigenvalue weighted by atomic mass is 9.64. The van der Waals surface area contributed by atoms with Crippen LogP contribution in [0.3, 0.4) is 0 Å². The second-order valence-corrected chi connectivity index (χ2v) is 11.3. The van der Waals surface area contributed by atoms with Crippen LogP contribution in [0.25, 0.3) is 11.0 Å². The van der Waals surface area contributed by atoms with E-state index in [2.05, 4.69) is 9.97 Å². The quantitative estimate of drug-likeness (QED) is 0.525. The number of nitrogens with one attached hydrogen (secondary N) is 1. The van der Waals surface area contributed by atoms with Gasteiger partial charge in [-0.1, -0.05) is 18.2 Å². The number of nitrogens with zero attached hydrogens (tertiary/aromatic N) is 2. The molecule has 6 rings (SSSR count). The number of H-pyrrole nitrogens is 1. The summed E-state index contributed by atoms with van der Waals surface area (Å²) in [4.78, 5) is 34.7. The third kappa shape index (κ3) is 4.27. The molecule has 4 heterocycles. The third-order valence-electron chi connectivity index (χ3n) is 8.57. The van der Waals surface area contributed by atoms with Crippen LogP contribution < -0.4 is 4.74 Å². The number of aliphatic carboxylic acids is 1. The predicted octanol–water partition coefficient (Wildman–Crippen LogP) is 4.89. The summed E-state index contributed by atoms with van der Waals surface area (Å²) >= 11 is 0. The molecule has 4 atom stereocenters. The Morgan fingerprint density at radius 2 is 2.08 bits per heavy atom. The van der Waals surface area contributed by atoms with E-state index in [-0.39, 0.29) is 29.8 Å². The van der Waals surface area contributed by atoms with Crippen LogP contribution in [0.1, 0.15) is 66.9 Å². The number of aromatic nitrogens is 2. The number of para-hydroxylation sites is 1. The zero-order valence-electron chi connectivity index (χ0n) is 21.3. The van der Waals surface area contributed by atoms with Crippen LogP contribution in [-0.2, 0) is 9.53 Å². The van der Waals surface area contributed by atoms with E-state index in [1.54, 1.807) is 0 Å². The van der Waals surface area contributed by atoms with Crippen molar-refractivity contribution in [2.75, 3.05) is 19.7 Å². The van der Waals surface area contributed by atoms with E-state index >= 15 is 0 Å². The van der Waals surface area contributed by atoms with E-state index in [9.17, 15) is 14.7 Å². The summed E-state index contributed by atoms with van der Waals surface area (Å²) in [5.74, 6) is 0.791. The number of rotatable bonds is 4. The standard InChI is InChI=1S/C29H33N3O5/c1-18-30-22-9-8-19(14-23(22)31-18)27(35)32-13-5-11-29(16-32)15-21-26(36-17-29)20-6-3-4-7-24(20)37-28(21,2)12-10-25(33)34/h3-4,6-9,14,21,26H,5,10-13,15-17H2,1-2H3,(H,30,31)(H,33,34)/t21-,26+,28-,29-/m1/s1. The number of imidazole rings is 1. The van der Waals surface area contributed by atoms with Gasteiger partial charge in [-0.15, -0.1) is 0 Å². The Morgan fingerprint density at radius 1 is 1.24 bits per heavy atom. The normalized spacial score (nSPS) is 29.0. The van der Waals surface area contributed by atoms with Gasteiger partial charge < -0.3 is 24.5 Å². The van der Waals surface area contributed by atoms with E-state index in [1.165, 1.54) is 0 Å². The fourth-order valence-electron chi connectivity index (χ4n) is 6.70. The summed E-state index contributed by atoms with van der Waals surface area (Å²) in [6.45, 7) is 5.83. The Balaban J connectivity index is 1.27. The summed E-state index contributed by atoms with van der Waals surface area (Å²) in [5, 5.41) is 9.43. The molecule has 3 aliphatic heterocycles. The largest absolute Gasteiger partial charge is 0.487 e. The van der Waals surface area contributed by atoms with Crippen LogP contribution in [0.5, 0.6) is 5.75 Å². The fourth-order valence-corrected chi connectivity index (χ4v) is 6.70. The van der Waals surface area contributed by atoms with Gasteiger partial charge in [0, 0.05) is 42.0 Å². The molecule has 8 nitrogen and oxygen atoms in total. The first-order chi connectivity index (χ1) is 17.8. The van der Waals surface area contributed by atoms with E-state index in [0.717, 1.165) is 47.4 Å². The first-order valence-corrected chi connectivity index (χ1v) is 13.1. The Hall–Kier alpha value is -3.39.